The van der Waals surface area contributed by atoms with Gasteiger partial charge in [-0.3, -0.25) is 9.69 Å². The number of hydrogen-bond acceptors (Lipinski definition) is 5. The summed E-state index contributed by atoms with van der Waals surface area (Å²) < 4.78 is 7.02. The Morgan fingerprint density at radius 3 is 3.08 bits per heavy atom. The molecular weight excluding hydrogens is 332 g/mol. The lowest BCUT2D eigenvalue weighted by atomic mass is 10.1. The summed E-state index contributed by atoms with van der Waals surface area (Å²) >= 11 is 0. The number of benzene rings is 1. The minimum atomic E-state index is -0.317. The maximum atomic E-state index is 12.4. The van der Waals surface area contributed by atoms with Crippen molar-refractivity contribution in [1.82, 2.24) is 19.6 Å². The van der Waals surface area contributed by atoms with Crippen LogP contribution in [-0.4, -0.2) is 70.5 Å². The highest BCUT2D eigenvalue weighted by molar-refractivity contribution is 5.78. The van der Waals surface area contributed by atoms with E-state index in [-0.39, 0.29) is 12.0 Å². The van der Waals surface area contributed by atoms with Crippen molar-refractivity contribution in [3.8, 4) is 11.4 Å². The average molecular weight is 358 g/mol. The predicted molar refractivity (Wildman–Crippen MR) is 98.3 cm³/mol. The van der Waals surface area contributed by atoms with Gasteiger partial charge in [0.25, 0.3) is 0 Å². The second-order valence-corrected chi connectivity index (χ2v) is 6.78. The molecule has 1 aliphatic rings. The number of piperidine rings is 1. The number of nitrogens with zero attached hydrogens (tertiary/aromatic N) is 4. The molecule has 140 valence electrons. The van der Waals surface area contributed by atoms with Gasteiger partial charge in [0, 0.05) is 38.0 Å². The zero-order valence-electron chi connectivity index (χ0n) is 15.3. The lowest BCUT2D eigenvalue weighted by molar-refractivity contribution is -0.132. The number of aliphatic hydroxyl groups excluding tert-OH is 1. The van der Waals surface area contributed by atoms with E-state index in [2.05, 4.69) is 5.10 Å². The minimum absolute atomic E-state index is 0.0493. The second-order valence-electron chi connectivity index (χ2n) is 6.78. The molecule has 0 bridgehead atoms. The summed E-state index contributed by atoms with van der Waals surface area (Å²) in [7, 11) is 3.43. The zero-order chi connectivity index (χ0) is 18.5. The molecular formula is C19H26N4O3. The van der Waals surface area contributed by atoms with Gasteiger partial charge >= 0.3 is 0 Å². The van der Waals surface area contributed by atoms with Crippen molar-refractivity contribution in [3.63, 3.8) is 0 Å². The standard InChI is InChI=1S/C19H26N4O3/c1-21(19(25)14-22-8-4-6-17(24)13-22)11-15-10-20-23(12-15)16-5-3-7-18(9-16)26-2/h3,5,7,9-10,12,17,24H,4,6,8,11,13-14H2,1-2H3/t17-/m0/s1. The highest BCUT2D eigenvalue weighted by atomic mass is 16.5. The first-order chi connectivity index (χ1) is 12.5. The van der Waals surface area contributed by atoms with Gasteiger partial charge in [0.15, 0.2) is 0 Å². The maximum Gasteiger partial charge on any atom is 0.236 e. The van der Waals surface area contributed by atoms with Gasteiger partial charge in [-0.05, 0) is 31.5 Å². The largest absolute Gasteiger partial charge is 0.497 e. The summed E-state index contributed by atoms with van der Waals surface area (Å²) in [6, 6.07) is 7.67. The molecule has 0 radical (unpaired) electrons. The first-order valence-corrected chi connectivity index (χ1v) is 8.87. The van der Waals surface area contributed by atoms with Crippen molar-refractivity contribution < 1.29 is 14.6 Å². The van der Waals surface area contributed by atoms with E-state index in [1.165, 1.54) is 0 Å². The van der Waals surface area contributed by atoms with Gasteiger partial charge in [-0.1, -0.05) is 6.07 Å². The Bertz CT molecular complexity index is 746. The van der Waals surface area contributed by atoms with Crippen molar-refractivity contribution in [2.75, 3.05) is 33.8 Å². The third-order valence-corrected chi connectivity index (χ3v) is 4.64. The minimum Gasteiger partial charge on any atom is -0.497 e. The topological polar surface area (TPSA) is 70.8 Å². The number of carbonyl (C=O) groups is 1. The smallest absolute Gasteiger partial charge is 0.236 e. The van der Waals surface area contributed by atoms with Crippen molar-refractivity contribution >= 4 is 5.91 Å². The van der Waals surface area contributed by atoms with E-state index < -0.39 is 0 Å². The lowest BCUT2D eigenvalue weighted by Gasteiger charge is -2.30. The molecule has 0 spiro atoms. The van der Waals surface area contributed by atoms with Crippen molar-refractivity contribution in [2.24, 2.45) is 0 Å². The Balaban J connectivity index is 1.58. The molecule has 0 unspecified atom stereocenters. The Morgan fingerprint density at radius 2 is 2.31 bits per heavy atom. The molecule has 1 N–H and O–H groups in total. The van der Waals surface area contributed by atoms with Crippen LogP contribution in [0.4, 0.5) is 0 Å². The van der Waals surface area contributed by atoms with Gasteiger partial charge in [0.05, 0.1) is 31.6 Å². The molecule has 1 aromatic heterocycles. The first kappa shape index (κ1) is 18.4. The summed E-state index contributed by atoms with van der Waals surface area (Å²) in [4.78, 5) is 16.2. The summed E-state index contributed by atoms with van der Waals surface area (Å²) in [6.45, 7) is 2.29. The summed E-state index contributed by atoms with van der Waals surface area (Å²) in [5, 5.41) is 14.1. The molecule has 1 saturated heterocycles. The molecule has 7 heteroatoms. The average Bonchev–Trinajstić information content (AvgIpc) is 3.10. The number of carbonyl (C=O) groups excluding carboxylic acids is 1. The fraction of sp³-hybridized carbons (Fsp3) is 0.474. The molecule has 0 aliphatic carbocycles. The van der Waals surface area contributed by atoms with E-state index in [1.807, 2.05) is 35.4 Å². The molecule has 1 amide bonds. The molecule has 1 fully saturated rings. The molecule has 1 aromatic carbocycles. The van der Waals surface area contributed by atoms with Gasteiger partial charge < -0.3 is 14.7 Å². The second kappa shape index (κ2) is 8.33. The van der Waals surface area contributed by atoms with E-state index >= 15 is 0 Å². The van der Waals surface area contributed by atoms with E-state index in [0.29, 0.717) is 19.6 Å². The van der Waals surface area contributed by atoms with Crippen LogP contribution in [0.3, 0.4) is 0 Å². The molecule has 2 aromatic rings. The molecule has 1 atom stereocenters. The van der Waals surface area contributed by atoms with Crippen LogP contribution >= 0.6 is 0 Å². The monoisotopic (exact) mass is 358 g/mol. The number of methoxy groups -OCH3 is 1. The summed E-state index contributed by atoms with van der Waals surface area (Å²) in [6.07, 6.45) is 5.13. The van der Waals surface area contributed by atoms with Crippen LogP contribution in [0, 0.1) is 0 Å². The van der Waals surface area contributed by atoms with Gasteiger partial charge in [-0.15, -0.1) is 0 Å². The Hall–Kier alpha value is -2.38. The van der Waals surface area contributed by atoms with Gasteiger partial charge in [0.2, 0.25) is 5.91 Å². The van der Waals surface area contributed by atoms with Gasteiger partial charge in [-0.2, -0.15) is 5.10 Å². The number of amides is 1. The van der Waals surface area contributed by atoms with Crippen LogP contribution < -0.4 is 4.74 Å². The van der Waals surface area contributed by atoms with E-state index in [1.54, 1.807) is 29.9 Å². The number of likely N-dealkylation sites (tertiary alicyclic amines) is 1. The van der Waals surface area contributed by atoms with Crippen LogP contribution in [0.15, 0.2) is 36.7 Å². The van der Waals surface area contributed by atoms with Crippen LogP contribution in [0.1, 0.15) is 18.4 Å². The fourth-order valence-electron chi connectivity index (χ4n) is 3.18. The van der Waals surface area contributed by atoms with Crippen molar-refractivity contribution in [3.05, 3.63) is 42.2 Å². The van der Waals surface area contributed by atoms with Crippen LogP contribution in [0.5, 0.6) is 5.75 Å². The Kier molecular flexibility index (Phi) is 5.90. The normalized spacial score (nSPS) is 17.9. The van der Waals surface area contributed by atoms with Crippen molar-refractivity contribution in [2.45, 2.75) is 25.5 Å². The number of aromatic nitrogens is 2. The summed E-state index contributed by atoms with van der Waals surface area (Å²) in [5.74, 6) is 0.823. The molecule has 26 heavy (non-hydrogen) atoms. The third kappa shape index (κ3) is 4.62. The lowest BCUT2D eigenvalue weighted by Crippen LogP contribution is -2.44. The van der Waals surface area contributed by atoms with E-state index in [4.69, 9.17) is 4.74 Å². The van der Waals surface area contributed by atoms with Crippen molar-refractivity contribution in [1.29, 1.82) is 0 Å². The summed E-state index contributed by atoms with van der Waals surface area (Å²) in [5.41, 5.74) is 1.87. The predicted octanol–water partition coefficient (Wildman–Crippen LogP) is 1.30. The first-order valence-electron chi connectivity index (χ1n) is 8.87. The fourth-order valence-corrected chi connectivity index (χ4v) is 3.18. The SMILES string of the molecule is COc1cccc(-n2cc(CN(C)C(=O)CN3CCC[C@H](O)C3)cn2)c1. The van der Waals surface area contributed by atoms with Crippen LogP contribution in [0.25, 0.3) is 5.69 Å². The number of hydrogen-bond donors (Lipinski definition) is 1. The number of rotatable bonds is 6. The number of β-amino-alcohol motifs (C(OH)–C–C–N with tert-alkyl or cyclic N) is 1. The number of aliphatic hydroxyl groups is 1. The highest BCUT2D eigenvalue weighted by Gasteiger charge is 2.21. The van der Waals surface area contributed by atoms with Gasteiger partial charge in [-0.25, -0.2) is 4.68 Å². The molecule has 0 saturated carbocycles. The molecule has 1 aliphatic heterocycles. The van der Waals surface area contributed by atoms with E-state index in [0.717, 1.165) is 36.4 Å². The molecule has 7 nitrogen and oxygen atoms in total. The maximum absolute atomic E-state index is 12.4. The Labute approximate surface area is 153 Å². The molecule has 2 heterocycles. The Morgan fingerprint density at radius 1 is 1.46 bits per heavy atom. The third-order valence-electron chi connectivity index (χ3n) is 4.64. The zero-order valence-corrected chi connectivity index (χ0v) is 15.3. The quantitative estimate of drug-likeness (QED) is 0.843. The highest BCUT2D eigenvalue weighted by Crippen LogP contribution is 2.17. The van der Waals surface area contributed by atoms with Crippen LogP contribution in [-0.2, 0) is 11.3 Å². The number of likely N-dealkylation sites (N-methyl/N-ethyl adjacent to an activating group) is 1. The molecule has 3 rings (SSSR count). The van der Waals surface area contributed by atoms with Crippen LogP contribution in [0.2, 0.25) is 0 Å². The van der Waals surface area contributed by atoms with Gasteiger partial charge in [0.1, 0.15) is 5.75 Å². The van der Waals surface area contributed by atoms with E-state index in [9.17, 15) is 9.90 Å². The number of ether oxygens (including phenoxy) is 1.